The number of rotatable bonds is 7. The van der Waals surface area contributed by atoms with Crippen LogP contribution in [0.3, 0.4) is 0 Å². The van der Waals surface area contributed by atoms with Crippen molar-refractivity contribution in [1.82, 2.24) is 25.1 Å². The van der Waals surface area contributed by atoms with Crippen LogP contribution in [-0.4, -0.2) is 43.8 Å². The third-order valence-corrected chi connectivity index (χ3v) is 6.83. The summed E-state index contributed by atoms with van der Waals surface area (Å²) in [6.07, 6.45) is 3.05. The van der Waals surface area contributed by atoms with E-state index in [1.165, 1.54) is 18.5 Å². The van der Waals surface area contributed by atoms with Gasteiger partial charge in [0.05, 0.1) is 12.9 Å². The summed E-state index contributed by atoms with van der Waals surface area (Å²) in [7, 11) is 0. The summed E-state index contributed by atoms with van der Waals surface area (Å²) in [5.41, 5.74) is 1.94. The fourth-order valence-electron chi connectivity index (χ4n) is 4.67. The number of halogens is 1. The van der Waals surface area contributed by atoms with Crippen LogP contribution in [0.15, 0.2) is 54.9 Å². The number of amides is 3. The molecule has 2 aliphatic rings. The van der Waals surface area contributed by atoms with Crippen molar-refractivity contribution < 1.29 is 18.8 Å². The first-order chi connectivity index (χ1) is 17.3. The van der Waals surface area contributed by atoms with Crippen LogP contribution in [0.5, 0.6) is 0 Å². The van der Waals surface area contributed by atoms with Crippen LogP contribution in [0, 0.1) is 12.7 Å². The van der Waals surface area contributed by atoms with Gasteiger partial charge in [-0.25, -0.2) is 9.37 Å². The summed E-state index contributed by atoms with van der Waals surface area (Å²) in [5, 5.41) is 5.74. The molecule has 1 fully saturated rings. The molecule has 1 aliphatic carbocycles. The highest BCUT2D eigenvalue weighted by Crippen LogP contribution is 2.38. The van der Waals surface area contributed by atoms with Gasteiger partial charge in [-0.3, -0.25) is 14.4 Å². The first-order valence-electron chi connectivity index (χ1n) is 12.0. The van der Waals surface area contributed by atoms with Gasteiger partial charge in [-0.2, -0.15) is 0 Å². The normalized spacial score (nSPS) is 19.1. The topological polar surface area (TPSA) is 96.3 Å². The van der Waals surface area contributed by atoms with E-state index in [1.807, 2.05) is 31.2 Å². The Labute approximate surface area is 208 Å². The Morgan fingerprint density at radius 3 is 2.28 bits per heavy atom. The Morgan fingerprint density at radius 2 is 1.64 bits per heavy atom. The molecular formula is C27H28FN5O3. The van der Waals surface area contributed by atoms with Crippen LogP contribution in [-0.2, 0) is 24.4 Å². The number of nitrogens with one attached hydrogen (secondary N) is 2. The molecule has 5 rings (SSSR count). The van der Waals surface area contributed by atoms with Crippen molar-refractivity contribution in [1.29, 1.82) is 0 Å². The van der Waals surface area contributed by atoms with E-state index in [0.29, 0.717) is 6.54 Å². The van der Waals surface area contributed by atoms with E-state index in [9.17, 15) is 18.8 Å². The minimum atomic E-state index is -1.15. The number of fused-ring (bicyclic) bond motifs is 1. The van der Waals surface area contributed by atoms with E-state index in [-0.39, 0.29) is 48.2 Å². The number of aryl methyl sites for hydroxylation is 1. The first-order valence-corrected chi connectivity index (χ1v) is 12.0. The quantitative estimate of drug-likeness (QED) is 0.533. The van der Waals surface area contributed by atoms with Gasteiger partial charge in [-0.15, -0.1) is 0 Å². The number of carbonyl (C=O) groups excluding carboxylic acids is 3. The number of nitrogens with zero attached hydrogens (tertiary/aromatic N) is 3. The van der Waals surface area contributed by atoms with E-state index >= 15 is 0 Å². The van der Waals surface area contributed by atoms with Gasteiger partial charge in [0, 0.05) is 19.1 Å². The van der Waals surface area contributed by atoms with Crippen LogP contribution in [0.4, 0.5) is 4.39 Å². The Kier molecular flexibility index (Phi) is 6.07. The van der Waals surface area contributed by atoms with E-state index < -0.39 is 11.4 Å². The number of hydrogen-bond acceptors (Lipinski definition) is 4. The van der Waals surface area contributed by atoms with Crippen LogP contribution < -0.4 is 10.6 Å². The highest BCUT2D eigenvalue weighted by molar-refractivity contribution is 6.07. The Bertz CT molecular complexity index is 1310. The SMILES string of the molecule is Cc1ccc(CNC(=O)c2ncn3c2C(=O)N(C2CC2)[C@](C)(C(=O)NCc2ccc(F)cc2)C3)cc1. The fourth-order valence-corrected chi connectivity index (χ4v) is 4.67. The third-order valence-electron chi connectivity index (χ3n) is 6.83. The van der Waals surface area contributed by atoms with Crippen molar-refractivity contribution in [2.75, 3.05) is 0 Å². The molecule has 1 aliphatic heterocycles. The zero-order chi connectivity index (χ0) is 25.4. The molecule has 8 nitrogen and oxygen atoms in total. The molecule has 36 heavy (non-hydrogen) atoms. The van der Waals surface area contributed by atoms with Crippen LogP contribution >= 0.6 is 0 Å². The second-order valence-corrected chi connectivity index (χ2v) is 9.73. The molecule has 3 amide bonds. The van der Waals surface area contributed by atoms with E-state index in [4.69, 9.17) is 0 Å². The minimum Gasteiger partial charge on any atom is -0.350 e. The predicted octanol–water partition coefficient (Wildman–Crippen LogP) is 2.95. The molecule has 2 heterocycles. The molecule has 3 aromatic rings. The first kappa shape index (κ1) is 23.7. The smallest absolute Gasteiger partial charge is 0.274 e. The van der Waals surface area contributed by atoms with Crippen LogP contribution in [0.25, 0.3) is 0 Å². The maximum Gasteiger partial charge on any atom is 0.274 e. The average Bonchev–Trinajstić information content (AvgIpc) is 3.60. The number of carbonyl (C=O) groups is 3. The number of imidazole rings is 1. The molecule has 2 N–H and O–H groups in total. The maximum atomic E-state index is 13.7. The molecule has 1 atom stereocenters. The van der Waals surface area contributed by atoms with E-state index in [2.05, 4.69) is 15.6 Å². The summed E-state index contributed by atoms with van der Waals surface area (Å²) < 4.78 is 14.8. The van der Waals surface area contributed by atoms with Crippen molar-refractivity contribution in [2.45, 2.75) is 57.9 Å². The molecule has 9 heteroatoms. The summed E-state index contributed by atoms with van der Waals surface area (Å²) in [4.78, 5) is 45.9. The van der Waals surface area contributed by atoms with Gasteiger partial charge in [-0.1, -0.05) is 42.0 Å². The Hall–Kier alpha value is -4.01. The zero-order valence-corrected chi connectivity index (χ0v) is 20.3. The lowest BCUT2D eigenvalue weighted by Crippen LogP contribution is -2.64. The van der Waals surface area contributed by atoms with Gasteiger partial charge in [0.2, 0.25) is 5.91 Å². The van der Waals surface area contributed by atoms with E-state index in [0.717, 1.165) is 29.5 Å². The third kappa shape index (κ3) is 4.48. The molecule has 2 aromatic carbocycles. The average molecular weight is 490 g/mol. The summed E-state index contributed by atoms with van der Waals surface area (Å²) in [6, 6.07) is 13.7. The number of benzene rings is 2. The van der Waals surface area contributed by atoms with Crippen LogP contribution in [0.1, 0.15) is 57.4 Å². The van der Waals surface area contributed by atoms with Crippen molar-refractivity contribution in [3.05, 3.63) is 88.8 Å². The lowest BCUT2D eigenvalue weighted by molar-refractivity contribution is -0.133. The van der Waals surface area contributed by atoms with Gasteiger partial charge in [0.15, 0.2) is 5.69 Å². The molecule has 1 saturated carbocycles. The molecule has 1 aromatic heterocycles. The second kappa shape index (κ2) is 9.22. The van der Waals surface area contributed by atoms with Crippen LogP contribution in [0.2, 0.25) is 0 Å². The summed E-state index contributed by atoms with van der Waals surface area (Å²) >= 11 is 0. The van der Waals surface area contributed by atoms with Crippen molar-refractivity contribution in [3.8, 4) is 0 Å². The highest BCUT2D eigenvalue weighted by Gasteiger charge is 2.53. The molecule has 0 unspecified atom stereocenters. The second-order valence-electron chi connectivity index (χ2n) is 9.73. The Balaban J connectivity index is 1.35. The minimum absolute atomic E-state index is 0.0616. The lowest BCUT2D eigenvalue weighted by Gasteiger charge is -2.44. The van der Waals surface area contributed by atoms with Gasteiger partial charge in [0.25, 0.3) is 11.8 Å². The zero-order valence-electron chi connectivity index (χ0n) is 20.3. The fraction of sp³-hybridized carbons (Fsp3) is 0.333. The monoisotopic (exact) mass is 489 g/mol. The number of aromatic nitrogens is 2. The molecular weight excluding hydrogens is 461 g/mol. The van der Waals surface area contributed by atoms with Gasteiger partial charge >= 0.3 is 0 Å². The molecule has 186 valence electrons. The molecule has 0 saturated heterocycles. The van der Waals surface area contributed by atoms with Gasteiger partial charge < -0.3 is 20.1 Å². The van der Waals surface area contributed by atoms with Gasteiger partial charge in [0.1, 0.15) is 17.1 Å². The lowest BCUT2D eigenvalue weighted by atomic mass is 9.93. The molecule has 0 spiro atoms. The van der Waals surface area contributed by atoms with Gasteiger partial charge in [-0.05, 0) is 49.9 Å². The number of hydrogen-bond donors (Lipinski definition) is 2. The maximum absolute atomic E-state index is 13.7. The highest BCUT2D eigenvalue weighted by atomic mass is 19.1. The summed E-state index contributed by atoms with van der Waals surface area (Å²) in [6.45, 7) is 4.44. The molecule has 0 bridgehead atoms. The Morgan fingerprint density at radius 1 is 1.03 bits per heavy atom. The van der Waals surface area contributed by atoms with Crippen molar-refractivity contribution in [2.24, 2.45) is 0 Å². The van der Waals surface area contributed by atoms with Crippen molar-refractivity contribution in [3.63, 3.8) is 0 Å². The van der Waals surface area contributed by atoms with Crippen molar-refractivity contribution >= 4 is 17.7 Å². The summed E-state index contributed by atoms with van der Waals surface area (Å²) in [5.74, 6) is -1.46. The van der Waals surface area contributed by atoms with E-state index in [1.54, 1.807) is 28.5 Å². The predicted molar refractivity (Wildman–Crippen MR) is 130 cm³/mol. The molecule has 0 radical (unpaired) electrons. The largest absolute Gasteiger partial charge is 0.350 e. The standard InChI is InChI=1S/C27H28FN5O3/c1-17-3-5-18(6-4-17)13-29-24(34)22-23-25(35)33(21-11-12-21)27(2,15-32(23)16-31-22)26(36)30-14-19-7-9-20(28)10-8-19/h3-10,16,21H,11-15H2,1-2H3,(H,29,34)(H,30,36)/t27-/m0/s1.